The Balaban J connectivity index is 2.74. The standard InChI is InChI=1S/C9H7BrN2O/c10-5-9-11-8-4-2-1-3-7(8)6-12(9)13/h1-4,6H,5H2. The second-order valence-corrected chi connectivity index (χ2v) is 3.24. The lowest BCUT2D eigenvalue weighted by atomic mass is 10.2. The molecule has 0 spiro atoms. The van der Waals surface area contributed by atoms with Crippen LogP contribution in [0.5, 0.6) is 0 Å². The summed E-state index contributed by atoms with van der Waals surface area (Å²) in [5, 5.41) is 12.6. The smallest absolute Gasteiger partial charge is 0.312 e. The Morgan fingerprint density at radius 2 is 2.15 bits per heavy atom. The quantitative estimate of drug-likeness (QED) is 0.432. The summed E-state index contributed by atoms with van der Waals surface area (Å²) < 4.78 is 0.789. The van der Waals surface area contributed by atoms with Crippen molar-refractivity contribution in [3.8, 4) is 0 Å². The van der Waals surface area contributed by atoms with E-state index in [0.717, 1.165) is 15.6 Å². The molecule has 0 saturated carbocycles. The van der Waals surface area contributed by atoms with E-state index in [2.05, 4.69) is 20.9 Å². The normalized spacial score (nSPS) is 10.5. The van der Waals surface area contributed by atoms with Crippen LogP contribution in [0.4, 0.5) is 0 Å². The van der Waals surface area contributed by atoms with Crippen LogP contribution in [0.15, 0.2) is 30.5 Å². The van der Waals surface area contributed by atoms with E-state index in [-0.39, 0.29) is 0 Å². The van der Waals surface area contributed by atoms with E-state index in [4.69, 9.17) is 0 Å². The maximum Gasteiger partial charge on any atom is 0.312 e. The highest BCUT2D eigenvalue weighted by Crippen LogP contribution is 2.09. The number of hydrogen-bond donors (Lipinski definition) is 0. The molecule has 0 aliphatic rings. The molecule has 1 aromatic heterocycles. The van der Waals surface area contributed by atoms with Crippen LogP contribution in [0.3, 0.4) is 0 Å². The van der Waals surface area contributed by atoms with Crippen LogP contribution in [0.25, 0.3) is 10.9 Å². The minimum atomic E-state index is 0.474. The van der Waals surface area contributed by atoms with Crippen LogP contribution in [0.2, 0.25) is 0 Å². The van der Waals surface area contributed by atoms with Gasteiger partial charge in [-0.15, -0.1) is 0 Å². The third-order valence-corrected chi connectivity index (χ3v) is 2.32. The molecule has 0 atom stereocenters. The van der Waals surface area contributed by atoms with Crippen molar-refractivity contribution in [3.05, 3.63) is 41.5 Å². The highest BCUT2D eigenvalue weighted by Gasteiger charge is 2.08. The Morgan fingerprint density at radius 1 is 1.38 bits per heavy atom. The maximum absolute atomic E-state index is 11.3. The molecule has 0 unspecified atom stereocenters. The Hall–Kier alpha value is -1.16. The van der Waals surface area contributed by atoms with Crippen molar-refractivity contribution in [1.82, 2.24) is 4.98 Å². The summed E-state index contributed by atoms with van der Waals surface area (Å²) in [7, 11) is 0. The number of fused-ring (bicyclic) bond motifs is 1. The fourth-order valence-electron chi connectivity index (χ4n) is 1.18. The fourth-order valence-corrected chi connectivity index (χ4v) is 1.55. The van der Waals surface area contributed by atoms with Gasteiger partial charge in [-0.05, 0) is 17.1 Å². The number of para-hydroxylation sites is 1. The zero-order valence-electron chi connectivity index (χ0n) is 6.77. The maximum atomic E-state index is 11.3. The molecule has 0 aliphatic carbocycles. The summed E-state index contributed by atoms with van der Waals surface area (Å²) in [5.74, 6) is 0.485. The average molecular weight is 239 g/mol. The highest BCUT2D eigenvalue weighted by atomic mass is 79.9. The molecular formula is C9H7BrN2O. The lowest BCUT2D eigenvalue weighted by molar-refractivity contribution is -0.614. The van der Waals surface area contributed by atoms with E-state index in [9.17, 15) is 5.21 Å². The molecule has 0 aliphatic heterocycles. The Morgan fingerprint density at radius 3 is 2.92 bits per heavy atom. The van der Waals surface area contributed by atoms with Crippen LogP contribution in [0, 0.1) is 5.21 Å². The van der Waals surface area contributed by atoms with E-state index in [1.165, 1.54) is 0 Å². The van der Waals surface area contributed by atoms with Gasteiger partial charge in [0, 0.05) is 0 Å². The van der Waals surface area contributed by atoms with Crippen LogP contribution in [0.1, 0.15) is 5.82 Å². The zero-order valence-corrected chi connectivity index (χ0v) is 8.36. The molecule has 3 nitrogen and oxygen atoms in total. The fraction of sp³-hybridized carbons (Fsp3) is 0.111. The van der Waals surface area contributed by atoms with Gasteiger partial charge in [0.25, 0.3) is 0 Å². The molecular weight excluding hydrogens is 232 g/mol. The number of halogens is 1. The van der Waals surface area contributed by atoms with Gasteiger partial charge in [-0.1, -0.05) is 28.1 Å². The molecule has 1 heterocycles. The summed E-state index contributed by atoms with van der Waals surface area (Å²) in [4.78, 5) is 4.20. The minimum absolute atomic E-state index is 0.474. The first-order chi connectivity index (χ1) is 6.31. The van der Waals surface area contributed by atoms with E-state index >= 15 is 0 Å². The van der Waals surface area contributed by atoms with Gasteiger partial charge in [0.15, 0.2) is 5.52 Å². The van der Waals surface area contributed by atoms with Gasteiger partial charge in [-0.3, -0.25) is 0 Å². The molecule has 4 heteroatoms. The van der Waals surface area contributed by atoms with E-state index in [0.29, 0.717) is 11.2 Å². The first-order valence-corrected chi connectivity index (χ1v) is 4.97. The molecule has 66 valence electrons. The van der Waals surface area contributed by atoms with Gasteiger partial charge < -0.3 is 5.21 Å². The third kappa shape index (κ3) is 1.49. The molecule has 1 aromatic carbocycles. The molecule has 0 radical (unpaired) electrons. The van der Waals surface area contributed by atoms with Gasteiger partial charge in [0.2, 0.25) is 0 Å². The van der Waals surface area contributed by atoms with Crippen molar-refractivity contribution in [1.29, 1.82) is 0 Å². The topological polar surface area (TPSA) is 39.8 Å². The molecule has 0 saturated heterocycles. The largest absolute Gasteiger partial charge is 0.711 e. The van der Waals surface area contributed by atoms with Gasteiger partial charge in [0.1, 0.15) is 11.5 Å². The number of alkyl halides is 1. The van der Waals surface area contributed by atoms with Gasteiger partial charge in [0.05, 0.1) is 5.39 Å². The van der Waals surface area contributed by atoms with E-state index in [1.807, 2.05) is 24.3 Å². The molecule has 2 rings (SSSR count). The predicted octanol–water partition coefficient (Wildman–Crippen LogP) is 1.76. The lowest BCUT2D eigenvalue weighted by Gasteiger charge is -2.03. The van der Waals surface area contributed by atoms with Crippen molar-refractivity contribution >= 4 is 26.8 Å². The average Bonchev–Trinajstić information content (AvgIpc) is 2.17. The zero-order chi connectivity index (χ0) is 9.26. The second-order valence-electron chi connectivity index (χ2n) is 2.68. The van der Waals surface area contributed by atoms with Gasteiger partial charge in [-0.25, -0.2) is 4.73 Å². The van der Waals surface area contributed by atoms with Crippen molar-refractivity contribution < 1.29 is 4.73 Å². The van der Waals surface area contributed by atoms with E-state index in [1.54, 1.807) is 6.20 Å². The number of aromatic nitrogens is 2. The summed E-state index contributed by atoms with van der Waals surface area (Å²) >= 11 is 3.21. The number of hydrogen-bond acceptors (Lipinski definition) is 2. The summed E-state index contributed by atoms with van der Waals surface area (Å²) in [6, 6.07) is 7.55. The number of rotatable bonds is 1. The van der Waals surface area contributed by atoms with Crippen molar-refractivity contribution in [2.24, 2.45) is 0 Å². The lowest BCUT2D eigenvalue weighted by Crippen LogP contribution is -2.31. The molecule has 0 amide bonds. The van der Waals surface area contributed by atoms with Gasteiger partial charge >= 0.3 is 5.82 Å². The summed E-state index contributed by atoms with van der Waals surface area (Å²) in [6.45, 7) is 0. The Kier molecular flexibility index (Phi) is 2.14. The van der Waals surface area contributed by atoms with Crippen LogP contribution >= 0.6 is 15.9 Å². The minimum Gasteiger partial charge on any atom is -0.711 e. The van der Waals surface area contributed by atoms with Crippen molar-refractivity contribution in [2.75, 3.05) is 0 Å². The highest BCUT2D eigenvalue weighted by molar-refractivity contribution is 9.08. The SMILES string of the molecule is [O-][n+]1cc2ccccc2nc1CBr. The number of benzene rings is 1. The van der Waals surface area contributed by atoms with E-state index < -0.39 is 0 Å². The van der Waals surface area contributed by atoms with Crippen LogP contribution < -0.4 is 4.73 Å². The van der Waals surface area contributed by atoms with Gasteiger partial charge in [-0.2, -0.15) is 0 Å². The molecule has 13 heavy (non-hydrogen) atoms. The summed E-state index contributed by atoms with van der Waals surface area (Å²) in [5.41, 5.74) is 0.851. The van der Waals surface area contributed by atoms with Crippen molar-refractivity contribution in [2.45, 2.75) is 5.33 Å². The van der Waals surface area contributed by atoms with Crippen molar-refractivity contribution in [3.63, 3.8) is 0 Å². The third-order valence-electron chi connectivity index (χ3n) is 1.82. The van der Waals surface area contributed by atoms with Crippen LogP contribution in [-0.2, 0) is 5.33 Å². The molecule has 0 fully saturated rings. The molecule has 2 aromatic rings. The summed E-state index contributed by atoms with van der Waals surface area (Å²) in [6.07, 6.45) is 1.54. The Bertz CT molecular complexity index is 445. The second kappa shape index (κ2) is 3.30. The first kappa shape index (κ1) is 8.44. The monoisotopic (exact) mass is 238 g/mol. The van der Waals surface area contributed by atoms with Crippen LogP contribution in [-0.4, -0.2) is 4.98 Å². The molecule has 0 bridgehead atoms. The Labute approximate surface area is 83.7 Å². The number of nitrogens with zero attached hydrogens (tertiary/aromatic N) is 2. The molecule has 0 N–H and O–H groups in total. The first-order valence-electron chi connectivity index (χ1n) is 3.85. The predicted molar refractivity (Wildman–Crippen MR) is 53.3 cm³/mol.